The SMILES string of the molecule is C=CCN1C(=O)c2ccc(C(=O)Nc3ccc(Cl)c(Cl)c3)cc2C1=O. The summed E-state index contributed by atoms with van der Waals surface area (Å²) in [4.78, 5) is 37.9. The molecule has 2 aromatic rings. The average Bonchev–Trinajstić information content (AvgIpc) is 2.83. The molecule has 1 aliphatic heterocycles. The molecule has 0 saturated heterocycles. The number of hydrogen-bond acceptors (Lipinski definition) is 3. The molecule has 0 saturated carbocycles. The van der Waals surface area contributed by atoms with Gasteiger partial charge in [0.2, 0.25) is 0 Å². The second-order valence-electron chi connectivity index (χ2n) is 5.35. The highest BCUT2D eigenvalue weighted by Crippen LogP contribution is 2.27. The fraction of sp³-hybridized carbons (Fsp3) is 0.0556. The van der Waals surface area contributed by atoms with Gasteiger partial charge in [0.05, 0.1) is 21.2 Å². The predicted octanol–water partition coefficient (Wildman–Crippen LogP) is 4.03. The summed E-state index contributed by atoms with van der Waals surface area (Å²) in [7, 11) is 0. The maximum atomic E-state index is 12.4. The molecule has 3 rings (SSSR count). The van der Waals surface area contributed by atoms with Crippen LogP contribution >= 0.6 is 23.2 Å². The van der Waals surface area contributed by atoms with Crippen molar-refractivity contribution in [3.05, 3.63) is 75.8 Å². The first-order valence-electron chi connectivity index (χ1n) is 7.30. The van der Waals surface area contributed by atoms with E-state index in [1.807, 2.05) is 0 Å². The van der Waals surface area contributed by atoms with Gasteiger partial charge in [-0.05, 0) is 36.4 Å². The molecule has 0 atom stereocenters. The number of nitrogens with zero attached hydrogens (tertiary/aromatic N) is 1. The van der Waals surface area contributed by atoms with Crippen LogP contribution in [0, 0.1) is 0 Å². The van der Waals surface area contributed by atoms with Crippen molar-refractivity contribution in [2.24, 2.45) is 0 Å². The van der Waals surface area contributed by atoms with Crippen molar-refractivity contribution >= 4 is 46.6 Å². The van der Waals surface area contributed by atoms with E-state index in [0.29, 0.717) is 15.7 Å². The van der Waals surface area contributed by atoms with Gasteiger partial charge in [-0.15, -0.1) is 6.58 Å². The van der Waals surface area contributed by atoms with Gasteiger partial charge in [0.15, 0.2) is 0 Å². The predicted molar refractivity (Wildman–Crippen MR) is 96.4 cm³/mol. The van der Waals surface area contributed by atoms with Crippen LogP contribution in [0.1, 0.15) is 31.1 Å². The van der Waals surface area contributed by atoms with Crippen LogP contribution in [0.3, 0.4) is 0 Å². The van der Waals surface area contributed by atoms with E-state index in [1.165, 1.54) is 30.3 Å². The number of benzene rings is 2. The molecule has 0 unspecified atom stereocenters. The Balaban J connectivity index is 1.86. The molecule has 1 N–H and O–H groups in total. The lowest BCUT2D eigenvalue weighted by Gasteiger charge is -2.09. The molecule has 25 heavy (non-hydrogen) atoms. The van der Waals surface area contributed by atoms with Crippen molar-refractivity contribution < 1.29 is 14.4 Å². The normalized spacial score (nSPS) is 13.0. The molecule has 2 aromatic carbocycles. The number of anilines is 1. The summed E-state index contributed by atoms with van der Waals surface area (Å²) in [5.74, 6) is -1.26. The summed E-state index contributed by atoms with van der Waals surface area (Å²) in [5, 5.41) is 3.36. The van der Waals surface area contributed by atoms with Crippen molar-refractivity contribution in [1.29, 1.82) is 0 Å². The Morgan fingerprint density at radius 1 is 1.04 bits per heavy atom. The number of carbonyl (C=O) groups excluding carboxylic acids is 3. The third kappa shape index (κ3) is 3.16. The van der Waals surface area contributed by atoms with Crippen LogP contribution in [0.15, 0.2) is 49.1 Å². The fourth-order valence-electron chi connectivity index (χ4n) is 2.50. The molecule has 1 heterocycles. The molecule has 0 spiro atoms. The fourth-order valence-corrected chi connectivity index (χ4v) is 2.80. The van der Waals surface area contributed by atoms with E-state index >= 15 is 0 Å². The Hall–Kier alpha value is -2.63. The van der Waals surface area contributed by atoms with Crippen LogP contribution in [0.25, 0.3) is 0 Å². The first-order chi connectivity index (χ1) is 11.9. The van der Waals surface area contributed by atoms with Crippen molar-refractivity contribution in [3.63, 3.8) is 0 Å². The second kappa shape index (κ2) is 6.70. The average molecular weight is 375 g/mol. The molecule has 5 nitrogen and oxygen atoms in total. The Morgan fingerprint density at radius 2 is 1.76 bits per heavy atom. The van der Waals surface area contributed by atoms with E-state index in [-0.39, 0.29) is 23.2 Å². The third-order valence-corrected chi connectivity index (χ3v) is 4.46. The van der Waals surface area contributed by atoms with Gasteiger partial charge in [0.1, 0.15) is 0 Å². The van der Waals surface area contributed by atoms with Gasteiger partial charge in [-0.3, -0.25) is 19.3 Å². The van der Waals surface area contributed by atoms with Gasteiger partial charge >= 0.3 is 0 Å². The van der Waals surface area contributed by atoms with E-state index in [2.05, 4.69) is 11.9 Å². The summed E-state index contributed by atoms with van der Waals surface area (Å²) < 4.78 is 0. The lowest BCUT2D eigenvalue weighted by Crippen LogP contribution is -2.29. The van der Waals surface area contributed by atoms with E-state index in [4.69, 9.17) is 23.2 Å². The van der Waals surface area contributed by atoms with Gasteiger partial charge in [-0.2, -0.15) is 0 Å². The number of carbonyl (C=O) groups is 3. The number of halogens is 2. The molecule has 0 fully saturated rings. The van der Waals surface area contributed by atoms with Crippen molar-refractivity contribution in [2.45, 2.75) is 0 Å². The number of amides is 3. The smallest absolute Gasteiger partial charge is 0.261 e. The lowest BCUT2D eigenvalue weighted by molar-refractivity contribution is 0.0672. The molecule has 0 aromatic heterocycles. The molecule has 1 aliphatic rings. The first kappa shape index (κ1) is 17.2. The Bertz CT molecular complexity index is 925. The molecule has 3 amide bonds. The van der Waals surface area contributed by atoms with Crippen LogP contribution in [-0.4, -0.2) is 29.2 Å². The second-order valence-corrected chi connectivity index (χ2v) is 6.17. The minimum atomic E-state index is -0.441. The van der Waals surface area contributed by atoms with Gasteiger partial charge in [0, 0.05) is 17.8 Å². The first-order valence-corrected chi connectivity index (χ1v) is 8.05. The summed E-state index contributed by atoms with van der Waals surface area (Å²) in [6.45, 7) is 3.65. The number of nitrogens with one attached hydrogen (secondary N) is 1. The summed E-state index contributed by atoms with van der Waals surface area (Å²) in [6.07, 6.45) is 1.47. The van der Waals surface area contributed by atoms with Gasteiger partial charge < -0.3 is 5.32 Å². The van der Waals surface area contributed by atoms with Crippen molar-refractivity contribution in [3.8, 4) is 0 Å². The van der Waals surface area contributed by atoms with Crippen LogP contribution in [0.4, 0.5) is 5.69 Å². The van der Waals surface area contributed by atoms with Crippen molar-refractivity contribution in [1.82, 2.24) is 4.90 Å². The minimum absolute atomic E-state index is 0.122. The van der Waals surface area contributed by atoms with Crippen LogP contribution in [0.2, 0.25) is 10.0 Å². The quantitative estimate of drug-likeness (QED) is 0.648. The zero-order valence-electron chi connectivity index (χ0n) is 12.9. The largest absolute Gasteiger partial charge is 0.322 e. The number of fused-ring (bicyclic) bond motifs is 1. The number of rotatable bonds is 4. The molecule has 0 radical (unpaired) electrons. The Labute approximate surface area is 153 Å². The van der Waals surface area contributed by atoms with Crippen LogP contribution in [-0.2, 0) is 0 Å². The van der Waals surface area contributed by atoms with E-state index in [9.17, 15) is 14.4 Å². The zero-order chi connectivity index (χ0) is 18.1. The summed E-state index contributed by atoms with van der Waals surface area (Å²) >= 11 is 11.8. The van der Waals surface area contributed by atoms with E-state index < -0.39 is 17.7 Å². The van der Waals surface area contributed by atoms with Crippen LogP contribution in [0.5, 0.6) is 0 Å². The standard InChI is InChI=1S/C18H12Cl2N2O3/c1-2-7-22-17(24)12-5-3-10(8-13(12)18(22)25)16(23)21-11-4-6-14(19)15(20)9-11/h2-6,8-9H,1,7H2,(H,21,23). The van der Waals surface area contributed by atoms with Gasteiger partial charge in [-0.25, -0.2) is 0 Å². The highest BCUT2D eigenvalue weighted by Gasteiger charge is 2.35. The molecule has 0 bridgehead atoms. The highest BCUT2D eigenvalue weighted by atomic mass is 35.5. The van der Waals surface area contributed by atoms with Gasteiger partial charge in [-0.1, -0.05) is 29.3 Å². The minimum Gasteiger partial charge on any atom is -0.322 e. The summed E-state index contributed by atoms with van der Waals surface area (Å²) in [6, 6.07) is 9.08. The molecular weight excluding hydrogens is 363 g/mol. The maximum Gasteiger partial charge on any atom is 0.261 e. The Kier molecular flexibility index (Phi) is 4.61. The monoisotopic (exact) mass is 374 g/mol. The van der Waals surface area contributed by atoms with Crippen LogP contribution < -0.4 is 5.32 Å². The summed E-state index contributed by atoms with van der Waals surface area (Å²) in [5.41, 5.74) is 1.20. The van der Waals surface area contributed by atoms with Gasteiger partial charge in [0.25, 0.3) is 17.7 Å². The third-order valence-electron chi connectivity index (χ3n) is 3.72. The maximum absolute atomic E-state index is 12.4. The van der Waals surface area contributed by atoms with E-state index in [0.717, 1.165) is 4.90 Å². The number of hydrogen-bond donors (Lipinski definition) is 1. The van der Waals surface area contributed by atoms with Crippen molar-refractivity contribution in [2.75, 3.05) is 11.9 Å². The molecular formula is C18H12Cl2N2O3. The zero-order valence-corrected chi connectivity index (χ0v) is 14.4. The molecule has 126 valence electrons. The highest BCUT2D eigenvalue weighted by molar-refractivity contribution is 6.42. The van der Waals surface area contributed by atoms with E-state index in [1.54, 1.807) is 12.1 Å². The number of imide groups is 1. The topological polar surface area (TPSA) is 66.5 Å². The lowest BCUT2D eigenvalue weighted by atomic mass is 10.1. The molecule has 0 aliphatic carbocycles. The Morgan fingerprint density at radius 3 is 2.44 bits per heavy atom. The molecule has 7 heteroatoms.